The number of alkyl halides is 3. The molecule has 1 heterocycles. The molecule has 1 unspecified atom stereocenters. The van der Waals surface area contributed by atoms with E-state index in [4.69, 9.17) is 16.3 Å². The number of hydrogen-bond donors (Lipinski definition) is 1. The molecule has 0 bridgehead atoms. The SMILES string of the molecule is CC(=Cc1ccc2c(c1)N(S(=O)(=O)c1cccc(C(F)(F)F)c1)CC(CC(C)(C)O)O2)c1c(F)cccc1Cl. The highest BCUT2D eigenvalue weighted by Crippen LogP contribution is 2.41. The fraction of sp³-hybridized carbons (Fsp3) is 0.286. The summed E-state index contributed by atoms with van der Waals surface area (Å²) in [6.07, 6.45) is -3.84. The summed E-state index contributed by atoms with van der Waals surface area (Å²) in [4.78, 5) is -0.539. The zero-order valence-electron chi connectivity index (χ0n) is 21.3. The molecule has 0 aromatic heterocycles. The molecule has 11 heteroatoms. The van der Waals surface area contributed by atoms with Gasteiger partial charge in [-0.2, -0.15) is 13.2 Å². The summed E-state index contributed by atoms with van der Waals surface area (Å²) in [6, 6.07) is 12.5. The van der Waals surface area contributed by atoms with Crippen molar-refractivity contribution >= 4 is 39.0 Å². The van der Waals surface area contributed by atoms with E-state index in [1.165, 1.54) is 24.3 Å². The predicted molar refractivity (Wildman–Crippen MR) is 143 cm³/mol. The van der Waals surface area contributed by atoms with Crippen LogP contribution in [0.4, 0.5) is 23.2 Å². The molecule has 0 saturated heterocycles. The van der Waals surface area contributed by atoms with Gasteiger partial charge in [0.05, 0.1) is 33.3 Å². The van der Waals surface area contributed by atoms with Crippen LogP contribution in [0.2, 0.25) is 5.02 Å². The molecule has 0 amide bonds. The first kappa shape index (κ1) is 28.9. The van der Waals surface area contributed by atoms with Crippen LogP contribution in [0.5, 0.6) is 5.75 Å². The van der Waals surface area contributed by atoms with Gasteiger partial charge in [-0.05, 0) is 74.4 Å². The van der Waals surface area contributed by atoms with E-state index in [2.05, 4.69) is 0 Å². The second kappa shape index (κ2) is 10.5. The van der Waals surface area contributed by atoms with Crippen molar-refractivity contribution in [3.05, 3.63) is 88.2 Å². The molecular weight excluding hydrogens is 558 g/mol. The minimum Gasteiger partial charge on any atom is -0.486 e. The monoisotopic (exact) mass is 583 g/mol. The molecule has 3 aromatic carbocycles. The molecule has 4 rings (SSSR count). The fourth-order valence-electron chi connectivity index (χ4n) is 4.47. The number of halogens is 5. The number of fused-ring (bicyclic) bond motifs is 1. The van der Waals surface area contributed by atoms with E-state index < -0.39 is 44.2 Å². The van der Waals surface area contributed by atoms with Gasteiger partial charge in [0.1, 0.15) is 17.7 Å². The summed E-state index contributed by atoms with van der Waals surface area (Å²) in [7, 11) is -4.49. The van der Waals surface area contributed by atoms with E-state index in [0.29, 0.717) is 17.2 Å². The molecule has 39 heavy (non-hydrogen) atoms. The van der Waals surface area contributed by atoms with E-state index in [0.717, 1.165) is 22.5 Å². The predicted octanol–water partition coefficient (Wildman–Crippen LogP) is 7.18. The number of allylic oxidation sites excluding steroid dienone is 1. The van der Waals surface area contributed by atoms with Crippen LogP contribution in [0.1, 0.15) is 43.9 Å². The Hall–Kier alpha value is -3.08. The summed E-state index contributed by atoms with van der Waals surface area (Å²) in [5, 5.41) is 10.5. The van der Waals surface area contributed by atoms with Crippen molar-refractivity contribution in [1.29, 1.82) is 0 Å². The summed E-state index contributed by atoms with van der Waals surface area (Å²) in [5.74, 6) is -0.356. The lowest BCUT2D eigenvalue weighted by atomic mass is 9.99. The molecule has 0 aliphatic carbocycles. The number of nitrogens with zero attached hydrogens (tertiary/aromatic N) is 1. The van der Waals surface area contributed by atoms with E-state index >= 15 is 0 Å². The Morgan fingerprint density at radius 3 is 2.46 bits per heavy atom. The maximum absolute atomic E-state index is 14.4. The Morgan fingerprint density at radius 2 is 1.82 bits per heavy atom. The van der Waals surface area contributed by atoms with Gasteiger partial charge in [-0.1, -0.05) is 35.9 Å². The van der Waals surface area contributed by atoms with Crippen molar-refractivity contribution in [3.8, 4) is 5.75 Å². The van der Waals surface area contributed by atoms with Crippen LogP contribution in [0, 0.1) is 5.82 Å². The molecule has 0 radical (unpaired) electrons. The molecule has 1 aliphatic rings. The van der Waals surface area contributed by atoms with Crippen LogP contribution in [0.3, 0.4) is 0 Å². The van der Waals surface area contributed by atoms with Gasteiger partial charge >= 0.3 is 6.18 Å². The van der Waals surface area contributed by atoms with Crippen LogP contribution in [-0.4, -0.2) is 31.8 Å². The zero-order chi connectivity index (χ0) is 28.8. The van der Waals surface area contributed by atoms with Gasteiger partial charge < -0.3 is 9.84 Å². The van der Waals surface area contributed by atoms with Crippen molar-refractivity contribution in [1.82, 2.24) is 0 Å². The first-order valence-corrected chi connectivity index (χ1v) is 13.7. The van der Waals surface area contributed by atoms with Gasteiger partial charge in [0.25, 0.3) is 10.0 Å². The van der Waals surface area contributed by atoms with Crippen LogP contribution in [-0.2, 0) is 16.2 Å². The molecule has 1 atom stereocenters. The highest BCUT2D eigenvalue weighted by Gasteiger charge is 2.38. The largest absolute Gasteiger partial charge is 0.486 e. The normalized spacial score (nSPS) is 16.6. The van der Waals surface area contributed by atoms with Gasteiger partial charge in [0, 0.05) is 12.0 Å². The summed E-state index contributed by atoms with van der Waals surface area (Å²) < 4.78 is 89.0. The smallest absolute Gasteiger partial charge is 0.416 e. The number of sulfonamides is 1. The highest BCUT2D eigenvalue weighted by molar-refractivity contribution is 7.92. The number of anilines is 1. The van der Waals surface area contributed by atoms with Crippen molar-refractivity contribution < 1.29 is 35.8 Å². The van der Waals surface area contributed by atoms with Crippen molar-refractivity contribution in [2.24, 2.45) is 0 Å². The number of benzene rings is 3. The third-order valence-electron chi connectivity index (χ3n) is 6.13. The molecular formula is C28H26ClF4NO4S. The Bertz CT molecular complexity index is 1510. The zero-order valence-corrected chi connectivity index (χ0v) is 22.8. The number of rotatable bonds is 6. The summed E-state index contributed by atoms with van der Waals surface area (Å²) >= 11 is 6.18. The van der Waals surface area contributed by atoms with Crippen LogP contribution < -0.4 is 9.04 Å². The van der Waals surface area contributed by atoms with Gasteiger partial charge in [0.15, 0.2) is 0 Å². The topological polar surface area (TPSA) is 66.8 Å². The van der Waals surface area contributed by atoms with Gasteiger partial charge in [0.2, 0.25) is 0 Å². The second-order valence-corrected chi connectivity index (χ2v) is 12.2. The number of ether oxygens (including phenoxy) is 1. The van der Waals surface area contributed by atoms with Gasteiger partial charge in [-0.15, -0.1) is 0 Å². The average molecular weight is 584 g/mol. The summed E-state index contributed by atoms with van der Waals surface area (Å²) in [6.45, 7) is 4.49. The maximum Gasteiger partial charge on any atom is 0.416 e. The number of hydrogen-bond acceptors (Lipinski definition) is 4. The van der Waals surface area contributed by atoms with Gasteiger partial charge in [-0.3, -0.25) is 4.31 Å². The van der Waals surface area contributed by atoms with Crippen molar-refractivity contribution in [2.75, 3.05) is 10.8 Å². The lowest BCUT2D eigenvalue weighted by molar-refractivity contribution is -0.137. The molecule has 208 valence electrons. The van der Waals surface area contributed by atoms with E-state index in [-0.39, 0.29) is 35.0 Å². The molecule has 0 spiro atoms. The average Bonchev–Trinajstić information content (AvgIpc) is 2.82. The van der Waals surface area contributed by atoms with Crippen LogP contribution in [0.25, 0.3) is 11.6 Å². The third kappa shape index (κ3) is 6.40. The van der Waals surface area contributed by atoms with Crippen LogP contribution >= 0.6 is 11.6 Å². The first-order valence-electron chi connectivity index (χ1n) is 11.9. The number of aliphatic hydroxyl groups is 1. The Labute approximate surface area is 229 Å². The third-order valence-corrected chi connectivity index (χ3v) is 8.22. The van der Waals surface area contributed by atoms with Crippen molar-refractivity contribution in [2.45, 2.75) is 50.0 Å². The quantitative estimate of drug-likeness (QED) is 0.247. The molecule has 1 N–H and O–H groups in total. The second-order valence-electron chi connectivity index (χ2n) is 9.97. The van der Waals surface area contributed by atoms with E-state index in [1.54, 1.807) is 39.0 Å². The van der Waals surface area contributed by atoms with Gasteiger partial charge in [-0.25, -0.2) is 12.8 Å². The van der Waals surface area contributed by atoms with Crippen molar-refractivity contribution in [3.63, 3.8) is 0 Å². The summed E-state index contributed by atoms with van der Waals surface area (Å²) in [5.41, 5.74) is -1.06. The maximum atomic E-state index is 14.4. The molecule has 1 aliphatic heterocycles. The molecule has 3 aromatic rings. The first-order chi connectivity index (χ1) is 18.1. The molecule has 0 saturated carbocycles. The fourth-order valence-corrected chi connectivity index (χ4v) is 6.32. The standard InChI is InChI=1S/C28H26ClF4NO4S/c1-17(26-22(29)8-5-9-23(26)30)12-18-10-11-25-24(13-18)34(16-20(38-25)15-27(2,3)35)39(36,37)21-7-4-6-19(14-21)28(31,32)33/h4-14,20,35H,15-16H2,1-3H3. The Kier molecular flexibility index (Phi) is 7.77. The van der Waals surface area contributed by atoms with Crippen LogP contribution in [0.15, 0.2) is 65.6 Å². The molecule has 0 fully saturated rings. The Morgan fingerprint density at radius 1 is 1.13 bits per heavy atom. The van der Waals surface area contributed by atoms with E-state index in [9.17, 15) is 31.1 Å². The molecule has 5 nitrogen and oxygen atoms in total. The highest BCUT2D eigenvalue weighted by atomic mass is 35.5. The minimum absolute atomic E-state index is 0.0631. The lowest BCUT2D eigenvalue weighted by Crippen LogP contribution is -2.46. The lowest BCUT2D eigenvalue weighted by Gasteiger charge is -2.37. The Balaban J connectivity index is 1.82. The van der Waals surface area contributed by atoms with E-state index in [1.807, 2.05) is 0 Å². The minimum atomic E-state index is -4.73.